The van der Waals surface area contributed by atoms with Crippen molar-refractivity contribution in [3.8, 4) is 0 Å². The van der Waals surface area contributed by atoms with Gasteiger partial charge < -0.3 is 10.2 Å². The largest absolute Gasteiger partial charge is 0.371 e. The number of nitrogens with one attached hydrogen (secondary N) is 1. The zero-order valence-corrected chi connectivity index (χ0v) is 10.7. The second-order valence-corrected chi connectivity index (χ2v) is 5.57. The lowest BCUT2D eigenvalue weighted by molar-refractivity contribution is 0.442. The number of rotatable bonds is 2. The molecule has 0 radical (unpaired) electrons. The van der Waals surface area contributed by atoms with E-state index in [9.17, 15) is 0 Å². The first-order valence-corrected chi connectivity index (χ1v) is 6.88. The van der Waals surface area contributed by atoms with Gasteiger partial charge in [-0.1, -0.05) is 25.1 Å². The molecule has 0 amide bonds. The molecule has 2 aliphatic heterocycles. The van der Waals surface area contributed by atoms with Gasteiger partial charge in [-0.05, 0) is 49.4 Å². The Kier molecular flexibility index (Phi) is 3.06. The Labute approximate surface area is 104 Å². The van der Waals surface area contributed by atoms with E-state index in [-0.39, 0.29) is 0 Å². The first-order valence-electron chi connectivity index (χ1n) is 6.88. The molecule has 1 aromatic rings. The molecule has 2 unspecified atom stereocenters. The predicted octanol–water partition coefficient (Wildman–Crippen LogP) is 2.29. The number of hydrogen-bond donors (Lipinski definition) is 1. The van der Waals surface area contributed by atoms with Crippen LogP contribution in [-0.4, -0.2) is 26.2 Å². The Morgan fingerprint density at radius 2 is 2.18 bits per heavy atom. The van der Waals surface area contributed by atoms with Crippen molar-refractivity contribution in [1.82, 2.24) is 5.32 Å². The van der Waals surface area contributed by atoms with Crippen molar-refractivity contribution in [1.29, 1.82) is 0 Å². The molecule has 17 heavy (non-hydrogen) atoms. The van der Waals surface area contributed by atoms with Gasteiger partial charge in [0.05, 0.1) is 0 Å². The summed E-state index contributed by atoms with van der Waals surface area (Å²) in [5.74, 6) is 1.64. The third-order valence-electron chi connectivity index (χ3n) is 4.34. The topological polar surface area (TPSA) is 15.3 Å². The maximum atomic E-state index is 3.51. The molecule has 0 saturated carbocycles. The van der Waals surface area contributed by atoms with E-state index in [0.717, 1.165) is 11.8 Å². The van der Waals surface area contributed by atoms with E-state index >= 15 is 0 Å². The van der Waals surface area contributed by atoms with E-state index < -0.39 is 0 Å². The predicted molar refractivity (Wildman–Crippen MR) is 72.5 cm³/mol. The van der Waals surface area contributed by atoms with Crippen molar-refractivity contribution < 1.29 is 0 Å². The van der Waals surface area contributed by atoms with Crippen molar-refractivity contribution in [3.63, 3.8) is 0 Å². The van der Waals surface area contributed by atoms with Crippen molar-refractivity contribution in [2.75, 3.05) is 31.1 Å². The second-order valence-electron chi connectivity index (χ2n) is 5.57. The molecule has 0 aromatic heterocycles. The summed E-state index contributed by atoms with van der Waals surface area (Å²) in [5.41, 5.74) is 3.02. The molecule has 0 bridgehead atoms. The summed E-state index contributed by atoms with van der Waals surface area (Å²) < 4.78 is 0. The van der Waals surface area contributed by atoms with Crippen LogP contribution in [0.5, 0.6) is 0 Å². The highest BCUT2D eigenvalue weighted by Gasteiger charge is 2.26. The average Bonchev–Trinajstić information content (AvgIpc) is 2.76. The van der Waals surface area contributed by atoms with Gasteiger partial charge in [0.15, 0.2) is 0 Å². The van der Waals surface area contributed by atoms with E-state index in [1.165, 1.54) is 50.3 Å². The van der Waals surface area contributed by atoms with Gasteiger partial charge in [0, 0.05) is 18.8 Å². The van der Waals surface area contributed by atoms with Gasteiger partial charge in [0.1, 0.15) is 0 Å². The number of benzene rings is 1. The second kappa shape index (κ2) is 4.69. The Morgan fingerprint density at radius 3 is 3.00 bits per heavy atom. The monoisotopic (exact) mass is 230 g/mol. The summed E-state index contributed by atoms with van der Waals surface area (Å²) in [6, 6.07) is 8.93. The molecule has 0 aliphatic carbocycles. The molecular weight excluding hydrogens is 208 g/mol. The van der Waals surface area contributed by atoms with Crippen LogP contribution in [0.3, 0.4) is 0 Å². The highest BCUT2D eigenvalue weighted by atomic mass is 15.1. The fourth-order valence-corrected chi connectivity index (χ4v) is 3.19. The standard InChI is InChI=1S/C15H22N2/c1-12-9-16-10-14(12)11-17-8-4-6-13-5-2-3-7-15(13)17/h2-3,5,7,12,14,16H,4,6,8-11H2,1H3. The summed E-state index contributed by atoms with van der Waals surface area (Å²) >= 11 is 0. The minimum atomic E-state index is 0.821. The summed E-state index contributed by atoms with van der Waals surface area (Å²) in [6.07, 6.45) is 2.57. The molecule has 2 aliphatic rings. The van der Waals surface area contributed by atoms with Crippen LogP contribution in [0.1, 0.15) is 18.9 Å². The number of nitrogens with zero attached hydrogens (tertiary/aromatic N) is 1. The average molecular weight is 230 g/mol. The third-order valence-corrected chi connectivity index (χ3v) is 4.34. The molecule has 92 valence electrons. The summed E-state index contributed by atoms with van der Waals surface area (Å²) in [5, 5.41) is 3.51. The van der Waals surface area contributed by atoms with Gasteiger partial charge >= 0.3 is 0 Å². The normalized spacial score (nSPS) is 28.2. The molecule has 2 heteroatoms. The highest BCUT2D eigenvalue weighted by Crippen LogP contribution is 2.29. The Bertz CT molecular complexity index is 388. The smallest absolute Gasteiger partial charge is 0.0398 e. The van der Waals surface area contributed by atoms with Gasteiger partial charge in [0.2, 0.25) is 0 Å². The van der Waals surface area contributed by atoms with Crippen molar-refractivity contribution in [2.24, 2.45) is 11.8 Å². The minimum Gasteiger partial charge on any atom is -0.371 e. The van der Waals surface area contributed by atoms with E-state index in [1.54, 1.807) is 0 Å². The van der Waals surface area contributed by atoms with Crippen LogP contribution in [0, 0.1) is 11.8 Å². The number of hydrogen-bond acceptors (Lipinski definition) is 2. The molecule has 2 nitrogen and oxygen atoms in total. The van der Waals surface area contributed by atoms with E-state index in [0.29, 0.717) is 0 Å². The van der Waals surface area contributed by atoms with Crippen LogP contribution in [0.15, 0.2) is 24.3 Å². The first-order chi connectivity index (χ1) is 8.34. The van der Waals surface area contributed by atoms with Gasteiger partial charge in [-0.2, -0.15) is 0 Å². The fourth-order valence-electron chi connectivity index (χ4n) is 3.19. The van der Waals surface area contributed by atoms with Gasteiger partial charge in [0.25, 0.3) is 0 Å². The van der Waals surface area contributed by atoms with E-state index in [1.807, 2.05) is 0 Å². The molecule has 1 N–H and O–H groups in total. The molecule has 1 saturated heterocycles. The van der Waals surface area contributed by atoms with Crippen LogP contribution < -0.4 is 10.2 Å². The molecule has 1 aromatic carbocycles. The van der Waals surface area contributed by atoms with Crippen molar-refractivity contribution in [3.05, 3.63) is 29.8 Å². The van der Waals surface area contributed by atoms with Crippen molar-refractivity contribution >= 4 is 5.69 Å². The molecule has 3 rings (SSSR count). The van der Waals surface area contributed by atoms with Crippen LogP contribution >= 0.6 is 0 Å². The molecule has 2 atom stereocenters. The quantitative estimate of drug-likeness (QED) is 0.838. The third kappa shape index (κ3) is 2.19. The minimum absolute atomic E-state index is 0.821. The maximum absolute atomic E-state index is 3.51. The first kappa shape index (κ1) is 11.1. The van der Waals surface area contributed by atoms with Crippen LogP contribution in [0.4, 0.5) is 5.69 Å². The number of aryl methyl sites for hydroxylation is 1. The lowest BCUT2D eigenvalue weighted by Crippen LogP contribution is -2.36. The lowest BCUT2D eigenvalue weighted by atomic mass is 9.95. The highest BCUT2D eigenvalue weighted by molar-refractivity contribution is 5.55. The number of para-hydroxylation sites is 1. The van der Waals surface area contributed by atoms with Crippen LogP contribution in [0.25, 0.3) is 0 Å². The summed E-state index contributed by atoms with van der Waals surface area (Å²) in [7, 11) is 0. The van der Waals surface area contributed by atoms with E-state index in [4.69, 9.17) is 0 Å². The Morgan fingerprint density at radius 1 is 1.29 bits per heavy atom. The fraction of sp³-hybridized carbons (Fsp3) is 0.600. The van der Waals surface area contributed by atoms with Crippen LogP contribution in [-0.2, 0) is 6.42 Å². The lowest BCUT2D eigenvalue weighted by Gasteiger charge is -2.34. The molecule has 0 spiro atoms. The summed E-state index contributed by atoms with van der Waals surface area (Å²) in [4.78, 5) is 2.60. The SMILES string of the molecule is CC1CNCC1CN1CCCc2ccccc21. The van der Waals surface area contributed by atoms with Crippen molar-refractivity contribution in [2.45, 2.75) is 19.8 Å². The van der Waals surface area contributed by atoms with Gasteiger partial charge in [-0.3, -0.25) is 0 Å². The molecular formula is C15H22N2. The zero-order chi connectivity index (χ0) is 11.7. The Balaban J connectivity index is 1.76. The maximum Gasteiger partial charge on any atom is 0.0398 e. The van der Waals surface area contributed by atoms with E-state index in [2.05, 4.69) is 41.4 Å². The van der Waals surface area contributed by atoms with Gasteiger partial charge in [-0.15, -0.1) is 0 Å². The Hall–Kier alpha value is -1.02. The van der Waals surface area contributed by atoms with Crippen LogP contribution in [0.2, 0.25) is 0 Å². The number of anilines is 1. The van der Waals surface area contributed by atoms with Gasteiger partial charge in [-0.25, -0.2) is 0 Å². The number of fused-ring (bicyclic) bond motifs is 1. The molecule has 2 heterocycles. The molecule has 1 fully saturated rings. The zero-order valence-electron chi connectivity index (χ0n) is 10.7. The summed E-state index contributed by atoms with van der Waals surface area (Å²) in [6.45, 7) is 7.23.